The number of hydrogen-bond donors (Lipinski definition) is 3. The lowest BCUT2D eigenvalue weighted by molar-refractivity contribution is -0.161. The van der Waals surface area contributed by atoms with E-state index in [1.165, 1.54) is 25.7 Å². The maximum Gasteiger partial charge on any atom is 0.0859 e. The molecule has 0 radical (unpaired) electrons. The van der Waals surface area contributed by atoms with Crippen molar-refractivity contribution in [2.45, 2.75) is 140 Å². The standard InChI is InChI=1S/C33H59ClN2O4/c1-31(2)21-36(18-15-33(31,38)23-9-11-24(34)12-10-23)17-6-8-26-27-7-5-16-35-29(27)20-39-30-14-13-25(19-28(26)30)40-32(3,4)22-37/h23-30,35,37-38H,5-22H2,1-4H3/t23-,24+,25-,26?,27?,28+,29+,30?,33?/m0/s1. The topological polar surface area (TPSA) is 74.2 Å². The van der Waals surface area contributed by atoms with E-state index in [9.17, 15) is 10.2 Å². The van der Waals surface area contributed by atoms with E-state index in [1.54, 1.807) is 0 Å². The highest BCUT2D eigenvalue weighted by atomic mass is 35.5. The molecule has 0 amide bonds. The molecule has 3 heterocycles. The molecule has 2 aliphatic carbocycles. The number of piperidine rings is 2. The molecule has 0 bridgehead atoms. The summed E-state index contributed by atoms with van der Waals surface area (Å²) in [5, 5.41) is 25.9. The molecule has 40 heavy (non-hydrogen) atoms. The average molecular weight is 583 g/mol. The summed E-state index contributed by atoms with van der Waals surface area (Å²) < 4.78 is 13.0. The lowest BCUT2D eigenvalue weighted by atomic mass is 9.60. The number of aliphatic hydroxyl groups is 2. The summed E-state index contributed by atoms with van der Waals surface area (Å²) in [5.41, 5.74) is -1.17. The van der Waals surface area contributed by atoms with Crippen molar-refractivity contribution in [2.24, 2.45) is 29.1 Å². The third-order valence-corrected chi connectivity index (χ3v) is 12.3. The van der Waals surface area contributed by atoms with Crippen LogP contribution in [0.4, 0.5) is 0 Å². The Balaban J connectivity index is 1.21. The Bertz CT molecular complexity index is 818. The van der Waals surface area contributed by atoms with Crippen LogP contribution in [0, 0.1) is 29.1 Å². The second-order valence-corrected chi connectivity index (χ2v) is 16.1. The first-order chi connectivity index (χ1) is 19.0. The zero-order chi connectivity index (χ0) is 28.5. The summed E-state index contributed by atoms with van der Waals surface area (Å²) in [6.45, 7) is 13.7. The van der Waals surface area contributed by atoms with Gasteiger partial charge in [-0.1, -0.05) is 13.8 Å². The molecule has 2 saturated carbocycles. The van der Waals surface area contributed by atoms with E-state index in [4.69, 9.17) is 21.1 Å². The number of halogens is 1. The van der Waals surface area contributed by atoms with Crippen molar-refractivity contribution in [2.75, 3.05) is 39.4 Å². The van der Waals surface area contributed by atoms with Crippen LogP contribution < -0.4 is 5.32 Å². The van der Waals surface area contributed by atoms with Crippen molar-refractivity contribution in [1.29, 1.82) is 0 Å². The van der Waals surface area contributed by atoms with E-state index in [-0.39, 0.29) is 18.1 Å². The quantitative estimate of drug-likeness (QED) is 0.334. The van der Waals surface area contributed by atoms with E-state index in [0.29, 0.717) is 41.2 Å². The largest absolute Gasteiger partial charge is 0.393 e. The maximum atomic E-state index is 12.0. The molecule has 5 aliphatic rings. The predicted octanol–water partition coefficient (Wildman–Crippen LogP) is 5.37. The van der Waals surface area contributed by atoms with E-state index in [2.05, 4.69) is 24.1 Å². The van der Waals surface area contributed by atoms with Crippen molar-refractivity contribution >= 4 is 11.6 Å². The van der Waals surface area contributed by atoms with Gasteiger partial charge >= 0.3 is 0 Å². The van der Waals surface area contributed by atoms with E-state index in [0.717, 1.165) is 84.2 Å². The van der Waals surface area contributed by atoms with Crippen LogP contribution in [0.1, 0.15) is 105 Å². The van der Waals surface area contributed by atoms with Crippen LogP contribution in [0.25, 0.3) is 0 Å². The third kappa shape index (κ3) is 6.89. The molecule has 7 heteroatoms. The van der Waals surface area contributed by atoms with Crippen LogP contribution in [-0.2, 0) is 9.47 Å². The number of hydrogen-bond acceptors (Lipinski definition) is 6. The zero-order valence-electron chi connectivity index (χ0n) is 25.9. The number of alkyl halides is 1. The summed E-state index contributed by atoms with van der Waals surface area (Å²) in [4.78, 5) is 2.64. The van der Waals surface area contributed by atoms with Gasteiger partial charge in [-0.15, -0.1) is 11.6 Å². The average Bonchev–Trinajstić information content (AvgIpc) is 3.07. The highest BCUT2D eigenvalue weighted by molar-refractivity contribution is 6.20. The van der Waals surface area contributed by atoms with Gasteiger partial charge in [0.15, 0.2) is 0 Å². The molecule has 3 N–H and O–H groups in total. The smallest absolute Gasteiger partial charge is 0.0859 e. The number of rotatable bonds is 8. The van der Waals surface area contributed by atoms with Gasteiger partial charge in [-0.05, 0) is 128 Å². The van der Waals surface area contributed by atoms with Crippen LogP contribution in [0.5, 0.6) is 0 Å². The van der Waals surface area contributed by atoms with Gasteiger partial charge in [0.1, 0.15) is 0 Å². The Morgan fingerprint density at radius 2 is 1.85 bits per heavy atom. The molecule has 6 nitrogen and oxygen atoms in total. The van der Waals surface area contributed by atoms with Gasteiger partial charge in [-0.2, -0.15) is 0 Å². The second kappa shape index (κ2) is 13.0. The molecule has 5 fully saturated rings. The minimum Gasteiger partial charge on any atom is -0.393 e. The lowest BCUT2D eigenvalue weighted by Crippen LogP contribution is -2.61. The summed E-state index contributed by atoms with van der Waals surface area (Å²) in [6.07, 6.45) is 13.8. The van der Waals surface area contributed by atoms with Crippen LogP contribution >= 0.6 is 11.6 Å². The summed E-state index contributed by atoms with van der Waals surface area (Å²) in [5.74, 6) is 2.24. The molecule has 7 atom stereocenters. The van der Waals surface area contributed by atoms with Crippen molar-refractivity contribution in [3.05, 3.63) is 0 Å². The molecule has 0 aromatic rings. The normalized spacial score (nSPS) is 43.0. The summed E-state index contributed by atoms with van der Waals surface area (Å²) in [6, 6.07) is 0.476. The van der Waals surface area contributed by atoms with Crippen LogP contribution in [0.3, 0.4) is 0 Å². The Kier molecular flexibility index (Phi) is 10.2. The molecule has 0 aromatic carbocycles. The highest BCUT2D eigenvalue weighted by Gasteiger charge is 2.52. The minimum atomic E-state index is -0.577. The fourth-order valence-corrected chi connectivity index (χ4v) is 9.76. The van der Waals surface area contributed by atoms with Gasteiger partial charge in [0.25, 0.3) is 0 Å². The van der Waals surface area contributed by atoms with Gasteiger partial charge in [-0.25, -0.2) is 0 Å². The van der Waals surface area contributed by atoms with Gasteiger partial charge < -0.3 is 29.9 Å². The first-order valence-corrected chi connectivity index (χ1v) is 17.2. The Morgan fingerprint density at radius 1 is 1.07 bits per heavy atom. The van der Waals surface area contributed by atoms with Gasteiger partial charge in [0.2, 0.25) is 0 Å². The fraction of sp³-hybridized carbons (Fsp3) is 1.00. The molecule has 232 valence electrons. The summed E-state index contributed by atoms with van der Waals surface area (Å²) >= 11 is 6.40. The maximum absolute atomic E-state index is 12.0. The van der Waals surface area contributed by atoms with Crippen molar-refractivity contribution in [3.63, 3.8) is 0 Å². The first kappa shape index (κ1) is 31.5. The lowest BCUT2D eigenvalue weighted by Gasteiger charge is -2.55. The molecular weight excluding hydrogens is 524 g/mol. The number of likely N-dealkylation sites (tertiary alicyclic amines) is 1. The number of fused-ring (bicyclic) bond motifs is 2. The molecular formula is C33H59ClN2O4. The van der Waals surface area contributed by atoms with Gasteiger partial charge in [-0.3, -0.25) is 0 Å². The first-order valence-electron chi connectivity index (χ1n) is 16.7. The van der Waals surface area contributed by atoms with Gasteiger partial charge in [0.05, 0.1) is 36.6 Å². The van der Waals surface area contributed by atoms with Crippen LogP contribution in [0.15, 0.2) is 0 Å². The Hall–Kier alpha value is 0.0500. The van der Waals surface area contributed by atoms with E-state index < -0.39 is 11.2 Å². The van der Waals surface area contributed by atoms with Crippen LogP contribution in [0.2, 0.25) is 0 Å². The van der Waals surface area contributed by atoms with Crippen molar-refractivity contribution < 1.29 is 19.7 Å². The Labute approximate surface area is 249 Å². The zero-order valence-corrected chi connectivity index (χ0v) is 26.6. The SMILES string of the molecule is CC(C)(CO)O[C@H]1CCC2OC[C@H]3NCCCC3C(CCCN3CCC(O)([C@H]4CC[C@@H](Cl)CC4)C(C)(C)C3)[C@H]2C1. The third-order valence-electron chi connectivity index (χ3n) is 11.8. The van der Waals surface area contributed by atoms with E-state index in [1.807, 2.05) is 13.8 Å². The van der Waals surface area contributed by atoms with Crippen LogP contribution in [-0.4, -0.2) is 89.3 Å². The molecule has 0 aromatic heterocycles. The second-order valence-electron chi connectivity index (χ2n) is 15.5. The molecule has 3 saturated heterocycles. The Morgan fingerprint density at radius 3 is 2.58 bits per heavy atom. The number of ether oxygens (including phenoxy) is 2. The number of nitrogens with zero attached hydrogens (tertiary/aromatic N) is 1. The van der Waals surface area contributed by atoms with Crippen molar-refractivity contribution in [1.82, 2.24) is 10.2 Å². The molecule has 4 unspecified atom stereocenters. The van der Waals surface area contributed by atoms with Crippen molar-refractivity contribution in [3.8, 4) is 0 Å². The summed E-state index contributed by atoms with van der Waals surface area (Å²) in [7, 11) is 0. The molecule has 3 aliphatic heterocycles. The number of aliphatic hydroxyl groups excluding tert-OH is 1. The predicted molar refractivity (Wildman–Crippen MR) is 162 cm³/mol. The number of nitrogens with one attached hydrogen (secondary N) is 1. The molecule has 0 spiro atoms. The minimum absolute atomic E-state index is 0.0570. The fourth-order valence-electron chi connectivity index (χ4n) is 9.51. The van der Waals surface area contributed by atoms with E-state index >= 15 is 0 Å². The molecule has 5 rings (SSSR count). The monoisotopic (exact) mass is 582 g/mol. The van der Waals surface area contributed by atoms with Gasteiger partial charge in [0, 0.05) is 29.9 Å². The highest BCUT2D eigenvalue weighted by Crippen LogP contribution is 2.49.